The monoisotopic (exact) mass is 467 g/mol. The molecule has 1 aliphatic heterocycles. The Hall–Kier alpha value is -3.34. The molecule has 0 aliphatic carbocycles. The first-order valence-corrected chi connectivity index (χ1v) is 9.94. The number of piperazine rings is 1. The zero-order valence-electron chi connectivity index (χ0n) is 16.5. The van der Waals surface area contributed by atoms with Gasteiger partial charge in [0.2, 0.25) is 12.3 Å². The van der Waals surface area contributed by atoms with Crippen molar-refractivity contribution in [3.63, 3.8) is 0 Å². The molecule has 168 valence electrons. The maximum absolute atomic E-state index is 12.8. The predicted molar refractivity (Wildman–Crippen MR) is 108 cm³/mol. The molecule has 0 atom stereocenters. The minimum Gasteiger partial charge on any atom is -0.484 e. The number of ether oxygens (including phenoxy) is 1. The maximum Gasteiger partial charge on any atom is 0.417 e. The summed E-state index contributed by atoms with van der Waals surface area (Å²) in [5, 5.41) is 7.36. The molecule has 3 heterocycles. The van der Waals surface area contributed by atoms with Gasteiger partial charge in [0.1, 0.15) is 11.6 Å². The lowest BCUT2D eigenvalue weighted by Gasteiger charge is -2.35. The zero-order valence-corrected chi connectivity index (χ0v) is 17.3. The second-order valence-corrected chi connectivity index (χ2v) is 7.36. The fourth-order valence-corrected chi connectivity index (χ4v) is 3.50. The van der Waals surface area contributed by atoms with E-state index in [1.807, 2.05) is 0 Å². The van der Waals surface area contributed by atoms with Gasteiger partial charge in [0.15, 0.2) is 6.61 Å². The number of amides is 1. The Morgan fingerprint density at radius 1 is 1.16 bits per heavy atom. The van der Waals surface area contributed by atoms with E-state index in [0.29, 0.717) is 37.8 Å². The summed E-state index contributed by atoms with van der Waals surface area (Å²) >= 11 is 6.01. The highest BCUT2D eigenvalue weighted by Crippen LogP contribution is 2.33. The second-order valence-electron chi connectivity index (χ2n) is 6.95. The van der Waals surface area contributed by atoms with E-state index in [-0.39, 0.29) is 23.4 Å². The summed E-state index contributed by atoms with van der Waals surface area (Å²) in [5.74, 6) is 0.968. The lowest BCUT2D eigenvalue weighted by atomic mass is 10.2. The van der Waals surface area contributed by atoms with Crippen LogP contribution in [0, 0.1) is 0 Å². The molecular weight excluding hydrogens is 451 g/mol. The number of alkyl halides is 3. The van der Waals surface area contributed by atoms with Crippen molar-refractivity contribution in [1.29, 1.82) is 0 Å². The van der Waals surface area contributed by atoms with Crippen LogP contribution in [0.4, 0.5) is 19.0 Å². The average Bonchev–Trinajstić information content (AvgIpc) is 3.32. The molecule has 12 heteroatoms. The van der Waals surface area contributed by atoms with Gasteiger partial charge in [-0.3, -0.25) is 4.79 Å². The number of nitrogens with zero attached hydrogens (tertiary/aromatic N) is 5. The molecule has 0 radical (unpaired) electrons. The van der Waals surface area contributed by atoms with E-state index in [4.69, 9.17) is 20.8 Å². The lowest BCUT2D eigenvalue weighted by Crippen LogP contribution is -2.50. The first-order valence-electron chi connectivity index (χ1n) is 9.56. The van der Waals surface area contributed by atoms with Crippen molar-refractivity contribution >= 4 is 23.3 Å². The summed E-state index contributed by atoms with van der Waals surface area (Å²) < 4.78 is 49.0. The summed E-state index contributed by atoms with van der Waals surface area (Å²) in [6, 6.07) is 7.74. The van der Waals surface area contributed by atoms with Gasteiger partial charge in [-0.1, -0.05) is 11.6 Å². The van der Waals surface area contributed by atoms with Gasteiger partial charge in [-0.25, -0.2) is 4.98 Å². The molecule has 0 unspecified atom stereocenters. The van der Waals surface area contributed by atoms with E-state index in [0.717, 1.165) is 17.8 Å². The lowest BCUT2D eigenvalue weighted by molar-refractivity contribution is -0.138. The number of benzene rings is 1. The molecular formula is C20H17ClF3N5O3. The number of aromatic nitrogens is 3. The Balaban J connectivity index is 1.28. The van der Waals surface area contributed by atoms with E-state index in [1.54, 1.807) is 34.1 Å². The Kier molecular flexibility index (Phi) is 6.17. The first-order chi connectivity index (χ1) is 15.3. The summed E-state index contributed by atoms with van der Waals surface area (Å²) in [5.41, 5.74) is -0.171. The van der Waals surface area contributed by atoms with E-state index in [2.05, 4.69) is 15.2 Å². The van der Waals surface area contributed by atoms with Gasteiger partial charge in [0.05, 0.1) is 10.6 Å². The van der Waals surface area contributed by atoms with E-state index < -0.39 is 11.7 Å². The second kappa shape index (κ2) is 9.03. The number of halogens is 4. The molecule has 4 rings (SSSR count). The average molecular weight is 468 g/mol. The SMILES string of the molecule is O=C(COc1ccc(-c2nnco2)cc1)N1CCN(c2ncc(C(F)(F)F)cc2Cl)CC1. The molecule has 3 aromatic rings. The Morgan fingerprint density at radius 3 is 2.47 bits per heavy atom. The van der Waals surface area contributed by atoms with Crippen LogP contribution in [0.3, 0.4) is 0 Å². The van der Waals surface area contributed by atoms with Crippen molar-refractivity contribution < 1.29 is 27.1 Å². The Labute approximate surface area is 185 Å². The van der Waals surface area contributed by atoms with E-state index in [9.17, 15) is 18.0 Å². The molecule has 2 aromatic heterocycles. The maximum atomic E-state index is 12.8. The van der Waals surface area contributed by atoms with Gasteiger partial charge in [-0.05, 0) is 30.3 Å². The molecule has 0 bridgehead atoms. The van der Waals surface area contributed by atoms with Crippen LogP contribution in [0.25, 0.3) is 11.5 Å². The van der Waals surface area contributed by atoms with Gasteiger partial charge in [0, 0.05) is 37.9 Å². The van der Waals surface area contributed by atoms with Crippen LogP contribution in [-0.2, 0) is 11.0 Å². The number of anilines is 1. The molecule has 0 spiro atoms. The summed E-state index contributed by atoms with van der Waals surface area (Å²) in [4.78, 5) is 19.7. The zero-order chi connectivity index (χ0) is 22.7. The van der Waals surface area contributed by atoms with Crippen molar-refractivity contribution in [1.82, 2.24) is 20.1 Å². The fraction of sp³-hybridized carbons (Fsp3) is 0.300. The van der Waals surface area contributed by atoms with Crippen LogP contribution < -0.4 is 9.64 Å². The molecule has 1 aliphatic rings. The number of hydrogen-bond acceptors (Lipinski definition) is 7. The molecule has 1 fully saturated rings. The van der Waals surface area contributed by atoms with Crippen molar-refractivity contribution in [3.8, 4) is 17.2 Å². The van der Waals surface area contributed by atoms with Crippen LogP contribution in [0.5, 0.6) is 5.75 Å². The molecule has 8 nitrogen and oxygen atoms in total. The van der Waals surface area contributed by atoms with Crippen molar-refractivity contribution in [2.24, 2.45) is 0 Å². The molecule has 32 heavy (non-hydrogen) atoms. The third kappa shape index (κ3) is 4.93. The van der Waals surface area contributed by atoms with Crippen molar-refractivity contribution in [2.75, 3.05) is 37.7 Å². The highest BCUT2D eigenvalue weighted by Gasteiger charge is 2.32. The van der Waals surface area contributed by atoms with Gasteiger partial charge in [0.25, 0.3) is 5.91 Å². The first kappa shape index (κ1) is 21.9. The van der Waals surface area contributed by atoms with Crippen LogP contribution in [0.15, 0.2) is 47.3 Å². The van der Waals surface area contributed by atoms with Gasteiger partial charge in [-0.2, -0.15) is 13.2 Å². The summed E-state index contributed by atoms with van der Waals surface area (Å²) in [6.07, 6.45) is -2.51. The molecule has 1 aromatic carbocycles. The highest BCUT2D eigenvalue weighted by atomic mass is 35.5. The summed E-state index contributed by atoms with van der Waals surface area (Å²) in [6.45, 7) is 1.39. The Bertz CT molecular complexity index is 1070. The summed E-state index contributed by atoms with van der Waals surface area (Å²) in [7, 11) is 0. The quantitative estimate of drug-likeness (QED) is 0.567. The van der Waals surface area contributed by atoms with Crippen molar-refractivity contribution in [3.05, 3.63) is 53.5 Å². The third-order valence-corrected chi connectivity index (χ3v) is 5.18. The van der Waals surface area contributed by atoms with Crippen LogP contribution in [0.2, 0.25) is 5.02 Å². The smallest absolute Gasteiger partial charge is 0.417 e. The normalized spacial score (nSPS) is 14.5. The largest absolute Gasteiger partial charge is 0.484 e. The number of carbonyl (C=O) groups is 1. The van der Waals surface area contributed by atoms with Crippen LogP contribution >= 0.6 is 11.6 Å². The standard InChI is InChI=1S/C20H17ClF3N5O3/c21-16-9-14(20(22,23)24)10-25-18(16)29-7-5-28(6-8-29)17(30)11-31-15-3-1-13(2-4-15)19-27-26-12-32-19/h1-4,9-10,12H,5-8,11H2. The third-order valence-electron chi connectivity index (χ3n) is 4.90. The topological polar surface area (TPSA) is 84.6 Å². The number of rotatable bonds is 5. The van der Waals surface area contributed by atoms with Gasteiger partial charge in [-0.15, -0.1) is 10.2 Å². The molecule has 1 saturated heterocycles. The fourth-order valence-electron chi connectivity index (χ4n) is 3.22. The Morgan fingerprint density at radius 2 is 1.88 bits per heavy atom. The van der Waals surface area contributed by atoms with Gasteiger partial charge < -0.3 is 19.0 Å². The van der Waals surface area contributed by atoms with Crippen LogP contribution in [-0.4, -0.2) is 58.8 Å². The molecule has 1 amide bonds. The highest BCUT2D eigenvalue weighted by molar-refractivity contribution is 6.33. The minimum atomic E-state index is -4.51. The number of carbonyl (C=O) groups excluding carboxylic acids is 1. The molecule has 0 saturated carbocycles. The van der Waals surface area contributed by atoms with Crippen LogP contribution in [0.1, 0.15) is 5.56 Å². The van der Waals surface area contributed by atoms with Crippen molar-refractivity contribution in [2.45, 2.75) is 6.18 Å². The minimum absolute atomic E-state index is 0.0769. The van der Waals surface area contributed by atoms with E-state index >= 15 is 0 Å². The van der Waals surface area contributed by atoms with Gasteiger partial charge >= 0.3 is 6.18 Å². The molecule has 0 N–H and O–H groups in total. The number of pyridine rings is 1. The predicted octanol–water partition coefficient (Wildman–Crippen LogP) is 3.53. The number of hydrogen-bond donors (Lipinski definition) is 0. The van der Waals surface area contributed by atoms with E-state index in [1.165, 1.54) is 6.39 Å².